The molecular weight excluding hydrogens is 310 g/mol. The van der Waals surface area contributed by atoms with Crippen LogP contribution in [0.4, 0.5) is 0 Å². The van der Waals surface area contributed by atoms with Gasteiger partial charge in [0.05, 0.1) is 0 Å². The van der Waals surface area contributed by atoms with E-state index < -0.39 is 0 Å². The van der Waals surface area contributed by atoms with E-state index in [1.165, 1.54) is 11.8 Å². The minimum Gasteiger partial charge on any atom is -0.250 e. The molecule has 0 aliphatic carbocycles. The van der Waals surface area contributed by atoms with Crippen molar-refractivity contribution in [3.05, 3.63) is 40.9 Å². The molecule has 18 heavy (non-hydrogen) atoms. The van der Waals surface area contributed by atoms with Crippen molar-refractivity contribution in [2.45, 2.75) is 36.2 Å². The Balaban J connectivity index is 2.32. The zero-order valence-electron chi connectivity index (χ0n) is 10.5. The third kappa shape index (κ3) is 3.53. The van der Waals surface area contributed by atoms with E-state index in [0.717, 1.165) is 20.5 Å². The normalized spacial score (nSPS) is 11.6. The quantitative estimate of drug-likeness (QED) is 0.780. The van der Waals surface area contributed by atoms with E-state index in [1.807, 2.05) is 24.3 Å². The standard InChI is InChI=1S/C13H14BrN3S/c1-13(2,3)12-16-9(14)8-11(17-12)18-10-6-4-5-7-15-10/h4-8H,1-3H3. The summed E-state index contributed by atoms with van der Waals surface area (Å²) in [5.41, 5.74) is -0.0663. The van der Waals surface area contributed by atoms with E-state index in [2.05, 4.69) is 51.7 Å². The fourth-order valence-electron chi connectivity index (χ4n) is 1.30. The Morgan fingerprint density at radius 1 is 1.11 bits per heavy atom. The summed E-state index contributed by atoms with van der Waals surface area (Å²) in [7, 11) is 0. The first-order chi connectivity index (χ1) is 8.45. The summed E-state index contributed by atoms with van der Waals surface area (Å²) >= 11 is 4.97. The van der Waals surface area contributed by atoms with Crippen molar-refractivity contribution >= 4 is 27.7 Å². The van der Waals surface area contributed by atoms with Crippen molar-refractivity contribution < 1.29 is 0 Å². The third-order valence-corrected chi connectivity index (χ3v) is 3.46. The third-order valence-electron chi connectivity index (χ3n) is 2.19. The molecule has 94 valence electrons. The van der Waals surface area contributed by atoms with Gasteiger partial charge < -0.3 is 0 Å². The van der Waals surface area contributed by atoms with Crippen molar-refractivity contribution in [1.29, 1.82) is 0 Å². The highest BCUT2D eigenvalue weighted by Gasteiger charge is 2.19. The van der Waals surface area contributed by atoms with Gasteiger partial charge in [0.15, 0.2) is 0 Å². The number of halogens is 1. The Morgan fingerprint density at radius 2 is 1.89 bits per heavy atom. The van der Waals surface area contributed by atoms with Crippen LogP contribution in [-0.2, 0) is 5.41 Å². The molecule has 0 unspecified atom stereocenters. The molecule has 0 N–H and O–H groups in total. The molecule has 0 atom stereocenters. The number of rotatable bonds is 2. The first-order valence-electron chi connectivity index (χ1n) is 5.59. The number of hydrogen-bond donors (Lipinski definition) is 0. The molecule has 0 amide bonds. The summed E-state index contributed by atoms with van der Waals surface area (Å²) in [5, 5.41) is 1.84. The number of nitrogens with zero attached hydrogens (tertiary/aromatic N) is 3. The van der Waals surface area contributed by atoms with E-state index in [0.29, 0.717) is 0 Å². The molecule has 0 spiro atoms. The van der Waals surface area contributed by atoms with Gasteiger partial charge >= 0.3 is 0 Å². The zero-order valence-corrected chi connectivity index (χ0v) is 12.9. The SMILES string of the molecule is CC(C)(C)c1nc(Br)cc(Sc2ccccn2)n1. The highest BCUT2D eigenvalue weighted by molar-refractivity contribution is 9.10. The van der Waals surface area contributed by atoms with E-state index in [9.17, 15) is 0 Å². The van der Waals surface area contributed by atoms with Crippen LogP contribution in [-0.4, -0.2) is 15.0 Å². The molecule has 2 rings (SSSR count). The summed E-state index contributed by atoms with van der Waals surface area (Å²) in [6, 6.07) is 7.75. The fraction of sp³-hybridized carbons (Fsp3) is 0.308. The van der Waals surface area contributed by atoms with Crippen LogP contribution in [0.5, 0.6) is 0 Å². The van der Waals surface area contributed by atoms with Crippen LogP contribution in [0.25, 0.3) is 0 Å². The Hall–Kier alpha value is -0.940. The maximum absolute atomic E-state index is 4.58. The second kappa shape index (κ2) is 5.36. The van der Waals surface area contributed by atoms with Crippen molar-refractivity contribution in [2.24, 2.45) is 0 Å². The monoisotopic (exact) mass is 323 g/mol. The second-order valence-corrected chi connectivity index (χ2v) is 6.73. The van der Waals surface area contributed by atoms with Gasteiger partial charge in [-0.15, -0.1) is 0 Å². The molecule has 2 aromatic heterocycles. The van der Waals surface area contributed by atoms with E-state index >= 15 is 0 Å². The lowest BCUT2D eigenvalue weighted by Gasteiger charge is -2.17. The van der Waals surface area contributed by atoms with Gasteiger partial charge in [0, 0.05) is 17.7 Å². The molecule has 0 saturated heterocycles. The maximum Gasteiger partial charge on any atom is 0.136 e. The van der Waals surface area contributed by atoms with Crippen LogP contribution in [0.1, 0.15) is 26.6 Å². The van der Waals surface area contributed by atoms with Gasteiger partial charge in [0.25, 0.3) is 0 Å². The molecule has 0 aliphatic heterocycles. The van der Waals surface area contributed by atoms with Crippen molar-refractivity contribution in [1.82, 2.24) is 15.0 Å². The number of aromatic nitrogens is 3. The van der Waals surface area contributed by atoms with E-state index in [4.69, 9.17) is 0 Å². The summed E-state index contributed by atoms with van der Waals surface area (Å²) in [6.07, 6.45) is 1.78. The van der Waals surface area contributed by atoms with Crippen molar-refractivity contribution in [3.63, 3.8) is 0 Å². The summed E-state index contributed by atoms with van der Waals surface area (Å²) < 4.78 is 0.806. The van der Waals surface area contributed by atoms with Gasteiger partial charge in [-0.25, -0.2) is 15.0 Å². The lowest BCUT2D eigenvalue weighted by atomic mass is 9.96. The van der Waals surface area contributed by atoms with Crippen molar-refractivity contribution in [2.75, 3.05) is 0 Å². The maximum atomic E-state index is 4.58. The average Bonchev–Trinajstić information content (AvgIpc) is 2.28. The minimum atomic E-state index is -0.0663. The smallest absolute Gasteiger partial charge is 0.136 e. The Morgan fingerprint density at radius 3 is 2.50 bits per heavy atom. The van der Waals surface area contributed by atoms with Crippen LogP contribution < -0.4 is 0 Å². The highest BCUT2D eigenvalue weighted by Crippen LogP contribution is 2.28. The van der Waals surface area contributed by atoms with Gasteiger partial charge in [-0.1, -0.05) is 26.8 Å². The molecule has 0 fully saturated rings. The molecule has 0 saturated carbocycles. The Labute approximate surface area is 120 Å². The average molecular weight is 324 g/mol. The molecular formula is C13H14BrN3S. The fourth-order valence-corrected chi connectivity index (χ4v) is 2.61. The zero-order chi connectivity index (χ0) is 13.2. The van der Waals surface area contributed by atoms with Gasteiger partial charge in [0.2, 0.25) is 0 Å². The van der Waals surface area contributed by atoms with Crippen LogP contribution in [0.3, 0.4) is 0 Å². The molecule has 2 aromatic rings. The van der Waals surface area contributed by atoms with E-state index in [1.54, 1.807) is 6.20 Å². The predicted molar refractivity (Wildman–Crippen MR) is 76.8 cm³/mol. The highest BCUT2D eigenvalue weighted by atomic mass is 79.9. The molecule has 3 nitrogen and oxygen atoms in total. The van der Waals surface area contributed by atoms with Crippen LogP contribution in [0.15, 0.2) is 45.1 Å². The van der Waals surface area contributed by atoms with E-state index in [-0.39, 0.29) is 5.41 Å². The molecule has 0 bridgehead atoms. The van der Waals surface area contributed by atoms with Crippen LogP contribution in [0.2, 0.25) is 0 Å². The van der Waals surface area contributed by atoms with Crippen LogP contribution in [0, 0.1) is 0 Å². The first-order valence-corrected chi connectivity index (χ1v) is 7.20. The van der Waals surface area contributed by atoms with Gasteiger partial charge in [-0.2, -0.15) is 0 Å². The molecule has 2 heterocycles. The van der Waals surface area contributed by atoms with Crippen molar-refractivity contribution in [3.8, 4) is 0 Å². The Bertz CT molecular complexity index is 538. The Kier molecular flexibility index (Phi) is 4.02. The summed E-state index contributed by atoms with van der Waals surface area (Å²) in [4.78, 5) is 13.3. The molecule has 0 aliphatic rings. The summed E-state index contributed by atoms with van der Waals surface area (Å²) in [6.45, 7) is 6.30. The van der Waals surface area contributed by atoms with Crippen LogP contribution >= 0.6 is 27.7 Å². The van der Waals surface area contributed by atoms with Gasteiger partial charge in [-0.3, -0.25) is 0 Å². The largest absolute Gasteiger partial charge is 0.250 e. The summed E-state index contributed by atoms with van der Waals surface area (Å²) in [5.74, 6) is 0.829. The van der Waals surface area contributed by atoms with Gasteiger partial charge in [-0.05, 0) is 39.8 Å². The molecule has 5 heteroatoms. The lowest BCUT2D eigenvalue weighted by molar-refractivity contribution is 0.536. The first kappa shape index (κ1) is 13.5. The molecule has 0 aromatic carbocycles. The molecule has 0 radical (unpaired) electrons. The second-order valence-electron chi connectivity index (χ2n) is 4.87. The lowest BCUT2D eigenvalue weighted by Crippen LogP contribution is -2.16. The number of pyridine rings is 1. The predicted octanol–water partition coefficient (Wildman–Crippen LogP) is 4.08. The van der Waals surface area contributed by atoms with Gasteiger partial charge in [0.1, 0.15) is 20.5 Å². The minimum absolute atomic E-state index is 0.0663. The topological polar surface area (TPSA) is 38.7 Å². The number of hydrogen-bond acceptors (Lipinski definition) is 4.